The normalized spacial score (nSPS) is 11.0. The number of thiophene rings is 1. The van der Waals surface area contributed by atoms with E-state index in [1.807, 2.05) is 54.0 Å². The molecule has 0 saturated heterocycles. The van der Waals surface area contributed by atoms with Crippen LogP contribution in [0.5, 0.6) is 0 Å². The minimum absolute atomic E-state index is 0.256. The number of nitrogens with zero attached hydrogens (tertiary/aromatic N) is 2. The van der Waals surface area contributed by atoms with Gasteiger partial charge in [-0.2, -0.15) is 0 Å². The number of carbonyl (C=O) groups excluding carboxylic acids is 2. The average molecular weight is 448 g/mol. The lowest BCUT2D eigenvalue weighted by molar-refractivity contribution is 0.0529. The van der Waals surface area contributed by atoms with Gasteiger partial charge in [0.2, 0.25) is 0 Å². The molecule has 32 heavy (non-hydrogen) atoms. The van der Waals surface area contributed by atoms with Crippen molar-refractivity contribution in [3.8, 4) is 11.1 Å². The number of carbonyl (C=O) groups is 2. The second kappa shape index (κ2) is 8.96. The van der Waals surface area contributed by atoms with Crippen LogP contribution in [0.2, 0.25) is 0 Å². The number of imidazole rings is 1. The van der Waals surface area contributed by atoms with Crippen molar-refractivity contribution in [2.75, 3.05) is 11.9 Å². The zero-order valence-electron chi connectivity index (χ0n) is 18.6. The molecule has 0 spiro atoms. The zero-order valence-corrected chi connectivity index (χ0v) is 19.4. The van der Waals surface area contributed by atoms with Crippen LogP contribution in [0.1, 0.15) is 51.5 Å². The molecule has 0 radical (unpaired) electrons. The van der Waals surface area contributed by atoms with Crippen LogP contribution in [0, 0.1) is 13.8 Å². The number of fused-ring (bicyclic) bond motifs is 1. The number of anilines is 1. The van der Waals surface area contributed by atoms with Crippen molar-refractivity contribution in [2.24, 2.45) is 0 Å². The molecule has 0 aliphatic rings. The van der Waals surface area contributed by atoms with Crippen molar-refractivity contribution in [1.29, 1.82) is 0 Å². The van der Waals surface area contributed by atoms with Gasteiger partial charge in [-0.3, -0.25) is 4.79 Å². The maximum atomic E-state index is 13.1. The molecule has 6 nitrogen and oxygen atoms in total. The topological polar surface area (TPSA) is 72.7 Å². The van der Waals surface area contributed by atoms with Crippen LogP contribution in [-0.4, -0.2) is 27.9 Å². The number of esters is 1. The highest BCUT2D eigenvalue weighted by Crippen LogP contribution is 2.36. The van der Waals surface area contributed by atoms with E-state index in [0.29, 0.717) is 16.1 Å². The monoisotopic (exact) mass is 447 g/mol. The Bertz CT molecular complexity index is 1300. The first-order valence-electron chi connectivity index (χ1n) is 10.6. The number of rotatable bonds is 6. The van der Waals surface area contributed by atoms with Gasteiger partial charge in [-0.05, 0) is 44.9 Å². The van der Waals surface area contributed by atoms with Crippen LogP contribution in [0.4, 0.5) is 5.00 Å². The first-order chi connectivity index (χ1) is 15.4. The van der Waals surface area contributed by atoms with Gasteiger partial charge < -0.3 is 14.5 Å². The van der Waals surface area contributed by atoms with E-state index in [1.54, 1.807) is 19.2 Å². The number of amides is 1. The Hall–Kier alpha value is -3.45. The maximum absolute atomic E-state index is 13.1. The summed E-state index contributed by atoms with van der Waals surface area (Å²) in [5.41, 5.74) is 6.47. The maximum Gasteiger partial charge on any atom is 0.341 e. The third kappa shape index (κ3) is 4.03. The molecule has 0 bridgehead atoms. The van der Waals surface area contributed by atoms with E-state index in [9.17, 15) is 9.59 Å². The van der Waals surface area contributed by atoms with Gasteiger partial charge in [0.05, 0.1) is 17.9 Å². The fourth-order valence-electron chi connectivity index (χ4n) is 3.66. The summed E-state index contributed by atoms with van der Waals surface area (Å²) >= 11 is 1.31. The van der Waals surface area contributed by atoms with Crippen molar-refractivity contribution >= 4 is 33.9 Å². The molecule has 4 aromatic rings. The molecule has 4 rings (SSSR count). The lowest BCUT2D eigenvalue weighted by Gasteiger charge is -2.09. The molecular formula is C25H25N3O3S. The van der Waals surface area contributed by atoms with Gasteiger partial charge in [0.15, 0.2) is 0 Å². The molecule has 1 aromatic carbocycles. The quantitative estimate of drug-likeness (QED) is 0.387. The largest absolute Gasteiger partial charge is 0.462 e. The third-order valence-electron chi connectivity index (χ3n) is 5.41. The average Bonchev–Trinajstić information content (AvgIpc) is 3.35. The number of aromatic nitrogens is 2. The Kier molecular flexibility index (Phi) is 6.10. The second-order valence-corrected chi connectivity index (χ2v) is 8.42. The lowest BCUT2D eigenvalue weighted by atomic mass is 10.0. The summed E-state index contributed by atoms with van der Waals surface area (Å²) in [7, 11) is 0. The van der Waals surface area contributed by atoms with Gasteiger partial charge in [-0.1, -0.05) is 36.8 Å². The van der Waals surface area contributed by atoms with Crippen LogP contribution >= 0.6 is 11.3 Å². The molecule has 164 valence electrons. The Morgan fingerprint density at radius 1 is 1.09 bits per heavy atom. The number of benzene rings is 1. The number of pyridine rings is 1. The summed E-state index contributed by atoms with van der Waals surface area (Å²) in [5.74, 6) is -0.742. The number of hydrogen-bond acceptors (Lipinski definition) is 5. The van der Waals surface area contributed by atoms with Crippen LogP contribution in [0.3, 0.4) is 0 Å². The van der Waals surface area contributed by atoms with E-state index in [1.165, 1.54) is 11.3 Å². The van der Waals surface area contributed by atoms with E-state index in [0.717, 1.165) is 40.1 Å². The molecule has 7 heteroatoms. The van der Waals surface area contributed by atoms with Crippen molar-refractivity contribution in [3.63, 3.8) is 0 Å². The standard InChI is InChI=1S/C25H25N3O3S/c1-5-20-16(4)28-13-18(11-12-21(28)26-20)23(29)27-24-22(25(30)31-6-2)19(14-32-24)17-9-7-15(3)8-10-17/h7-14H,5-6H2,1-4H3,(H,27,29). The zero-order chi connectivity index (χ0) is 22.8. The first kappa shape index (κ1) is 21.8. The number of nitrogens with one attached hydrogen (secondary N) is 1. The smallest absolute Gasteiger partial charge is 0.341 e. The summed E-state index contributed by atoms with van der Waals surface area (Å²) in [6.45, 7) is 8.08. The van der Waals surface area contributed by atoms with Crippen molar-refractivity contribution < 1.29 is 14.3 Å². The molecule has 1 N–H and O–H groups in total. The fraction of sp³-hybridized carbons (Fsp3) is 0.240. The highest BCUT2D eigenvalue weighted by atomic mass is 32.1. The highest BCUT2D eigenvalue weighted by Gasteiger charge is 2.23. The highest BCUT2D eigenvalue weighted by molar-refractivity contribution is 7.15. The molecule has 0 aliphatic carbocycles. The van der Waals surface area contributed by atoms with Gasteiger partial charge in [-0.25, -0.2) is 9.78 Å². The van der Waals surface area contributed by atoms with Crippen LogP contribution in [-0.2, 0) is 11.2 Å². The minimum Gasteiger partial charge on any atom is -0.462 e. The fourth-order valence-corrected chi connectivity index (χ4v) is 4.61. The molecule has 0 saturated carbocycles. The van der Waals surface area contributed by atoms with E-state index in [2.05, 4.69) is 17.2 Å². The van der Waals surface area contributed by atoms with Crippen LogP contribution < -0.4 is 5.32 Å². The van der Waals surface area contributed by atoms with E-state index in [-0.39, 0.29) is 12.5 Å². The summed E-state index contributed by atoms with van der Waals surface area (Å²) in [4.78, 5) is 30.4. The number of hydrogen-bond donors (Lipinski definition) is 1. The SMILES string of the molecule is CCOC(=O)c1c(-c2ccc(C)cc2)csc1NC(=O)c1ccc2nc(CC)c(C)n2c1. The van der Waals surface area contributed by atoms with Crippen LogP contribution in [0.15, 0.2) is 48.0 Å². The predicted molar refractivity (Wildman–Crippen MR) is 128 cm³/mol. The third-order valence-corrected chi connectivity index (χ3v) is 6.31. The molecule has 0 atom stereocenters. The number of ether oxygens (including phenoxy) is 1. The Morgan fingerprint density at radius 3 is 2.53 bits per heavy atom. The molecule has 3 heterocycles. The summed E-state index contributed by atoms with van der Waals surface area (Å²) in [6.07, 6.45) is 2.61. The summed E-state index contributed by atoms with van der Waals surface area (Å²) < 4.78 is 7.22. The van der Waals surface area contributed by atoms with E-state index in [4.69, 9.17) is 4.74 Å². The van der Waals surface area contributed by atoms with Crippen molar-refractivity contribution in [3.05, 3.63) is 76.1 Å². The van der Waals surface area contributed by atoms with E-state index >= 15 is 0 Å². The minimum atomic E-state index is -0.451. The van der Waals surface area contributed by atoms with Gasteiger partial charge in [0, 0.05) is 22.8 Å². The van der Waals surface area contributed by atoms with Gasteiger partial charge >= 0.3 is 5.97 Å². The molecule has 1 amide bonds. The van der Waals surface area contributed by atoms with Crippen LogP contribution in [0.25, 0.3) is 16.8 Å². The Morgan fingerprint density at radius 2 is 1.84 bits per heavy atom. The Balaban J connectivity index is 1.70. The van der Waals surface area contributed by atoms with Crippen molar-refractivity contribution in [2.45, 2.75) is 34.1 Å². The predicted octanol–water partition coefficient (Wildman–Crippen LogP) is 5.67. The number of aryl methyl sites for hydroxylation is 3. The molecule has 0 fully saturated rings. The van der Waals surface area contributed by atoms with Gasteiger partial charge in [0.25, 0.3) is 5.91 Å². The summed E-state index contributed by atoms with van der Waals surface area (Å²) in [5, 5.41) is 5.27. The lowest BCUT2D eigenvalue weighted by Crippen LogP contribution is -2.15. The second-order valence-electron chi connectivity index (χ2n) is 7.54. The van der Waals surface area contributed by atoms with Gasteiger partial charge in [-0.15, -0.1) is 11.3 Å². The molecule has 0 aliphatic heterocycles. The first-order valence-corrected chi connectivity index (χ1v) is 11.5. The molecule has 0 unspecified atom stereocenters. The van der Waals surface area contributed by atoms with Crippen molar-refractivity contribution in [1.82, 2.24) is 9.38 Å². The molecular weight excluding hydrogens is 422 g/mol. The Labute approximate surface area is 190 Å². The van der Waals surface area contributed by atoms with Gasteiger partial charge in [0.1, 0.15) is 16.2 Å². The summed E-state index contributed by atoms with van der Waals surface area (Å²) in [6, 6.07) is 11.5. The van der Waals surface area contributed by atoms with E-state index < -0.39 is 5.97 Å². The molecule has 3 aromatic heterocycles.